The highest BCUT2D eigenvalue weighted by Crippen LogP contribution is 2.02. The maximum absolute atomic E-state index is 3.42. The third-order valence-corrected chi connectivity index (χ3v) is 2.55. The van der Waals surface area contributed by atoms with E-state index >= 15 is 0 Å². The minimum absolute atomic E-state index is 0.734. The number of hydrogen-bond acceptors (Lipinski definition) is 3. The van der Waals surface area contributed by atoms with E-state index in [1.807, 2.05) is 0 Å². The van der Waals surface area contributed by atoms with Crippen molar-refractivity contribution in [2.45, 2.75) is 19.4 Å². The fraction of sp³-hybridized carbons (Fsp3) is 1.00. The molecular weight excluding hydrogens is 150 g/mol. The molecule has 0 bridgehead atoms. The van der Waals surface area contributed by atoms with Crippen molar-refractivity contribution in [1.29, 1.82) is 0 Å². The minimum atomic E-state index is 0.734. The summed E-state index contributed by atoms with van der Waals surface area (Å²) in [6.07, 6.45) is 1.26. The van der Waals surface area contributed by atoms with Gasteiger partial charge in [-0.2, -0.15) is 0 Å². The molecule has 0 spiro atoms. The van der Waals surface area contributed by atoms with E-state index in [-0.39, 0.29) is 0 Å². The molecule has 0 saturated carbocycles. The van der Waals surface area contributed by atoms with Crippen LogP contribution in [0.15, 0.2) is 0 Å². The van der Waals surface area contributed by atoms with Crippen molar-refractivity contribution in [3.8, 4) is 0 Å². The molecule has 72 valence electrons. The molecule has 1 unspecified atom stereocenters. The van der Waals surface area contributed by atoms with Gasteiger partial charge in [-0.05, 0) is 26.6 Å². The average Bonchev–Trinajstić information content (AvgIpc) is 2.09. The van der Waals surface area contributed by atoms with Gasteiger partial charge in [-0.25, -0.2) is 0 Å². The second-order valence-corrected chi connectivity index (χ2v) is 3.48. The van der Waals surface area contributed by atoms with Crippen molar-refractivity contribution in [3.63, 3.8) is 0 Å². The molecule has 1 aliphatic heterocycles. The van der Waals surface area contributed by atoms with E-state index in [1.54, 1.807) is 0 Å². The fourth-order valence-electron chi connectivity index (χ4n) is 1.63. The lowest BCUT2D eigenvalue weighted by Crippen LogP contribution is -2.50. The van der Waals surface area contributed by atoms with Gasteiger partial charge in [-0.15, -0.1) is 0 Å². The molecule has 0 radical (unpaired) electrons. The van der Waals surface area contributed by atoms with Gasteiger partial charge in [-0.1, -0.05) is 6.92 Å². The van der Waals surface area contributed by atoms with E-state index in [2.05, 4.69) is 29.5 Å². The number of nitrogens with one attached hydrogen (secondary N) is 2. The van der Waals surface area contributed by atoms with Gasteiger partial charge < -0.3 is 15.5 Å². The Morgan fingerprint density at radius 3 is 3.08 bits per heavy atom. The zero-order chi connectivity index (χ0) is 8.81. The molecule has 0 aromatic rings. The first-order valence-electron chi connectivity index (χ1n) is 4.96. The smallest absolute Gasteiger partial charge is 0.0230 e. The second-order valence-electron chi connectivity index (χ2n) is 3.48. The molecule has 1 aliphatic rings. The molecule has 1 saturated heterocycles. The highest BCUT2D eigenvalue weighted by Gasteiger charge is 2.17. The molecule has 0 aromatic carbocycles. The van der Waals surface area contributed by atoms with Crippen LogP contribution in [0.5, 0.6) is 0 Å². The molecule has 0 aliphatic carbocycles. The number of likely N-dealkylation sites (N-methyl/N-ethyl adjacent to an activating group) is 1. The topological polar surface area (TPSA) is 27.3 Å². The lowest BCUT2D eigenvalue weighted by molar-refractivity contribution is 0.190. The predicted molar refractivity (Wildman–Crippen MR) is 52.4 cm³/mol. The quantitative estimate of drug-likeness (QED) is 0.578. The van der Waals surface area contributed by atoms with E-state index < -0.39 is 0 Å². The van der Waals surface area contributed by atoms with Crippen LogP contribution in [0.3, 0.4) is 0 Å². The third-order valence-electron chi connectivity index (χ3n) is 2.55. The predicted octanol–water partition coefficient (Wildman–Crippen LogP) is -0.110. The van der Waals surface area contributed by atoms with Gasteiger partial charge in [0, 0.05) is 25.7 Å². The van der Waals surface area contributed by atoms with Crippen LogP contribution in [0.1, 0.15) is 13.3 Å². The molecule has 3 nitrogen and oxygen atoms in total. The lowest BCUT2D eigenvalue weighted by atomic mass is 10.1. The molecule has 3 heteroatoms. The van der Waals surface area contributed by atoms with E-state index in [9.17, 15) is 0 Å². The van der Waals surface area contributed by atoms with E-state index in [0.29, 0.717) is 0 Å². The second kappa shape index (κ2) is 5.51. The Morgan fingerprint density at radius 1 is 1.58 bits per heavy atom. The summed E-state index contributed by atoms with van der Waals surface area (Å²) in [7, 11) is 2.22. The van der Waals surface area contributed by atoms with E-state index in [1.165, 1.54) is 13.0 Å². The maximum Gasteiger partial charge on any atom is 0.0230 e. The fourth-order valence-corrected chi connectivity index (χ4v) is 1.63. The van der Waals surface area contributed by atoms with Crippen LogP contribution in [-0.2, 0) is 0 Å². The largest absolute Gasteiger partial charge is 0.317 e. The standard InChI is InChI=1S/C9H21N3/c1-3-10-5-4-9-8-11-6-7-12(9)2/h9-11H,3-8H2,1-2H3. The Hall–Kier alpha value is -0.120. The SMILES string of the molecule is CCNCCC1CNCCN1C. The van der Waals surface area contributed by atoms with Crippen LogP contribution < -0.4 is 10.6 Å². The van der Waals surface area contributed by atoms with Crippen LogP contribution in [0.25, 0.3) is 0 Å². The number of hydrogen-bond donors (Lipinski definition) is 2. The first-order chi connectivity index (χ1) is 5.84. The van der Waals surface area contributed by atoms with Crippen molar-refractivity contribution in [2.24, 2.45) is 0 Å². The summed E-state index contributed by atoms with van der Waals surface area (Å²) < 4.78 is 0. The van der Waals surface area contributed by atoms with Gasteiger partial charge >= 0.3 is 0 Å². The zero-order valence-electron chi connectivity index (χ0n) is 8.27. The summed E-state index contributed by atoms with van der Waals surface area (Å²) in [5.41, 5.74) is 0. The molecule has 0 amide bonds. The van der Waals surface area contributed by atoms with E-state index in [0.717, 1.165) is 32.2 Å². The molecule has 1 heterocycles. The van der Waals surface area contributed by atoms with Crippen LogP contribution in [0.2, 0.25) is 0 Å². The highest BCUT2D eigenvalue weighted by molar-refractivity contribution is 4.77. The van der Waals surface area contributed by atoms with Crippen molar-refractivity contribution < 1.29 is 0 Å². The number of nitrogens with zero attached hydrogens (tertiary/aromatic N) is 1. The summed E-state index contributed by atoms with van der Waals surface area (Å²) in [4.78, 5) is 2.45. The van der Waals surface area contributed by atoms with Crippen molar-refractivity contribution in [1.82, 2.24) is 15.5 Å². The van der Waals surface area contributed by atoms with Gasteiger partial charge in [0.15, 0.2) is 0 Å². The Bertz CT molecular complexity index is 116. The van der Waals surface area contributed by atoms with Crippen molar-refractivity contribution in [2.75, 3.05) is 39.8 Å². The molecule has 0 aromatic heterocycles. The van der Waals surface area contributed by atoms with Crippen molar-refractivity contribution >= 4 is 0 Å². The first-order valence-corrected chi connectivity index (χ1v) is 4.96. The summed E-state index contributed by atoms with van der Waals surface area (Å²) in [6.45, 7) is 7.88. The highest BCUT2D eigenvalue weighted by atomic mass is 15.2. The van der Waals surface area contributed by atoms with Crippen LogP contribution >= 0.6 is 0 Å². The summed E-state index contributed by atoms with van der Waals surface area (Å²) in [5.74, 6) is 0. The van der Waals surface area contributed by atoms with Crippen LogP contribution in [0, 0.1) is 0 Å². The molecule has 1 atom stereocenters. The van der Waals surface area contributed by atoms with E-state index in [4.69, 9.17) is 0 Å². The molecule has 12 heavy (non-hydrogen) atoms. The summed E-state index contributed by atoms with van der Waals surface area (Å²) >= 11 is 0. The Kier molecular flexibility index (Phi) is 4.58. The summed E-state index contributed by atoms with van der Waals surface area (Å²) in [6, 6.07) is 0.734. The average molecular weight is 171 g/mol. The monoisotopic (exact) mass is 171 g/mol. The van der Waals surface area contributed by atoms with Gasteiger partial charge in [0.05, 0.1) is 0 Å². The Labute approximate surface area is 75.5 Å². The van der Waals surface area contributed by atoms with Gasteiger partial charge in [-0.3, -0.25) is 0 Å². The Morgan fingerprint density at radius 2 is 2.42 bits per heavy atom. The lowest BCUT2D eigenvalue weighted by Gasteiger charge is -2.33. The number of piperazine rings is 1. The minimum Gasteiger partial charge on any atom is -0.317 e. The van der Waals surface area contributed by atoms with Gasteiger partial charge in [0.1, 0.15) is 0 Å². The molecule has 2 N–H and O–H groups in total. The van der Waals surface area contributed by atoms with Crippen molar-refractivity contribution in [3.05, 3.63) is 0 Å². The third kappa shape index (κ3) is 3.09. The molecule has 1 rings (SSSR count). The van der Waals surface area contributed by atoms with Gasteiger partial charge in [0.2, 0.25) is 0 Å². The summed E-state index contributed by atoms with van der Waals surface area (Å²) in [5, 5.41) is 6.78. The first kappa shape index (κ1) is 9.96. The van der Waals surface area contributed by atoms with Gasteiger partial charge in [0.25, 0.3) is 0 Å². The van der Waals surface area contributed by atoms with Crippen LogP contribution in [-0.4, -0.2) is 50.7 Å². The van der Waals surface area contributed by atoms with Crippen LogP contribution in [0.4, 0.5) is 0 Å². The molecule has 1 fully saturated rings. The number of rotatable bonds is 4. The normalized spacial score (nSPS) is 26.0. The molecular formula is C9H21N3. The maximum atomic E-state index is 3.42. The Balaban J connectivity index is 2.11. The zero-order valence-corrected chi connectivity index (χ0v) is 8.27.